The minimum atomic E-state index is -0.379. The molecule has 0 bridgehead atoms. The van der Waals surface area contributed by atoms with Gasteiger partial charge in [0.15, 0.2) is 0 Å². The maximum Gasteiger partial charge on any atom is 0.149 e. The van der Waals surface area contributed by atoms with Gasteiger partial charge in [-0.25, -0.2) is 9.37 Å². The van der Waals surface area contributed by atoms with Gasteiger partial charge in [-0.2, -0.15) is 10.5 Å². The maximum absolute atomic E-state index is 13.5. The lowest BCUT2D eigenvalue weighted by Crippen LogP contribution is -2.02. The number of nitriles is 2. The summed E-state index contributed by atoms with van der Waals surface area (Å²) >= 11 is 4.40. The largest absolute Gasteiger partial charge is 0.487 e. The van der Waals surface area contributed by atoms with Gasteiger partial charge in [0.1, 0.15) is 30.1 Å². The third kappa shape index (κ3) is 4.76. The molecule has 1 heterocycles. The van der Waals surface area contributed by atoms with Crippen LogP contribution in [0.25, 0.3) is 22.7 Å². The Labute approximate surface area is 210 Å². The van der Waals surface area contributed by atoms with E-state index in [2.05, 4.69) is 67.3 Å². The fourth-order valence-corrected chi connectivity index (χ4v) is 5.21. The topological polar surface area (TPSA) is 85.5 Å². The number of benzene rings is 3. The number of hydrogen-bond acceptors (Lipinski definition) is 4. The minimum Gasteiger partial charge on any atom is -0.487 e. The van der Waals surface area contributed by atoms with Crippen LogP contribution in [0.3, 0.4) is 0 Å². The van der Waals surface area contributed by atoms with Crippen LogP contribution in [0.1, 0.15) is 22.5 Å². The molecule has 4 rings (SSSR count). The van der Waals surface area contributed by atoms with E-state index in [0.717, 1.165) is 12.7 Å². The Balaban J connectivity index is 1.74. The van der Waals surface area contributed by atoms with Gasteiger partial charge in [0.25, 0.3) is 0 Å². The van der Waals surface area contributed by atoms with Crippen LogP contribution >= 0.6 is 45.2 Å². The summed E-state index contributed by atoms with van der Waals surface area (Å²) in [5.74, 6) is 0.576. The van der Waals surface area contributed by atoms with Crippen LogP contribution in [-0.4, -0.2) is 9.97 Å². The molecule has 5 nitrogen and oxygen atoms in total. The summed E-state index contributed by atoms with van der Waals surface area (Å²) in [5, 5.41) is 19.1. The fourth-order valence-electron chi connectivity index (χ4n) is 3.16. The number of nitrogens with zero attached hydrogens (tertiary/aromatic N) is 3. The SMILES string of the molecule is N#C/C(=C/c1cc(I)cc(I)c1OCc1ccccc1C#N)c1nc2ccc(F)cc2[nH]1. The molecule has 0 fully saturated rings. The molecule has 0 aliphatic heterocycles. The number of halogens is 3. The smallest absolute Gasteiger partial charge is 0.149 e. The van der Waals surface area contributed by atoms with Crippen molar-refractivity contribution >= 4 is 67.9 Å². The molecule has 0 atom stereocenters. The second-order valence-corrected chi connectivity index (χ2v) is 9.19. The van der Waals surface area contributed by atoms with E-state index in [1.54, 1.807) is 18.2 Å². The summed E-state index contributed by atoms with van der Waals surface area (Å²) < 4.78 is 21.5. The van der Waals surface area contributed by atoms with Gasteiger partial charge in [-0.3, -0.25) is 0 Å². The van der Waals surface area contributed by atoms with Gasteiger partial charge >= 0.3 is 0 Å². The van der Waals surface area contributed by atoms with E-state index < -0.39 is 0 Å². The van der Waals surface area contributed by atoms with Crippen molar-refractivity contribution in [2.75, 3.05) is 0 Å². The molecule has 156 valence electrons. The molecule has 32 heavy (non-hydrogen) atoms. The molecule has 0 spiro atoms. The van der Waals surface area contributed by atoms with Crippen LogP contribution in [-0.2, 0) is 6.61 Å². The highest BCUT2D eigenvalue weighted by atomic mass is 127. The average molecular weight is 646 g/mol. The third-order valence-corrected chi connectivity index (χ3v) is 6.09. The highest BCUT2D eigenvalue weighted by Crippen LogP contribution is 2.32. The van der Waals surface area contributed by atoms with Gasteiger partial charge in [-0.15, -0.1) is 0 Å². The summed E-state index contributed by atoms with van der Waals surface area (Å²) in [7, 11) is 0. The predicted octanol–water partition coefficient (Wildman–Crippen LogP) is 6.43. The first-order chi connectivity index (χ1) is 15.5. The quantitative estimate of drug-likeness (QED) is 0.200. The van der Waals surface area contributed by atoms with Crippen LogP contribution < -0.4 is 4.74 Å². The molecule has 3 aromatic carbocycles. The number of hydrogen-bond donors (Lipinski definition) is 1. The van der Waals surface area contributed by atoms with Crippen LogP contribution in [0.5, 0.6) is 5.75 Å². The van der Waals surface area contributed by atoms with Gasteiger partial charge in [0.2, 0.25) is 0 Å². The molecule has 8 heteroatoms. The Morgan fingerprint density at radius 2 is 1.94 bits per heavy atom. The van der Waals surface area contributed by atoms with E-state index in [9.17, 15) is 14.9 Å². The maximum atomic E-state index is 13.5. The molecule has 0 radical (unpaired) electrons. The molecular weight excluding hydrogens is 633 g/mol. The molecule has 0 aliphatic carbocycles. The zero-order valence-electron chi connectivity index (χ0n) is 16.4. The summed E-state index contributed by atoms with van der Waals surface area (Å²) in [6.07, 6.45) is 1.70. The molecular formula is C24H13FI2N4O. The second kappa shape index (κ2) is 9.67. The Hall–Kier alpha value is -2.96. The lowest BCUT2D eigenvalue weighted by molar-refractivity contribution is 0.303. The standard InChI is InChI=1S/C24H13FI2N4O/c25-18-5-6-21-22(9-18)31-24(30-21)17(12-29)7-16-8-19(26)10-20(27)23(16)32-13-15-4-2-1-3-14(15)11-28/h1-10H,13H2,(H,30,31)/b17-7-. The highest BCUT2D eigenvalue weighted by molar-refractivity contribution is 14.1. The van der Waals surface area contributed by atoms with Gasteiger partial charge in [0.05, 0.1) is 31.8 Å². The monoisotopic (exact) mass is 646 g/mol. The lowest BCUT2D eigenvalue weighted by Gasteiger charge is -2.13. The summed E-state index contributed by atoms with van der Waals surface area (Å²) in [6, 6.07) is 19.7. The first-order valence-corrected chi connectivity index (χ1v) is 11.5. The van der Waals surface area contributed by atoms with Gasteiger partial charge in [-0.1, -0.05) is 18.2 Å². The second-order valence-electron chi connectivity index (χ2n) is 6.78. The highest BCUT2D eigenvalue weighted by Gasteiger charge is 2.14. The molecule has 0 saturated heterocycles. The molecule has 1 aromatic heterocycles. The summed E-state index contributed by atoms with van der Waals surface area (Å²) in [4.78, 5) is 7.43. The normalized spacial score (nSPS) is 11.2. The van der Waals surface area contributed by atoms with E-state index in [1.807, 2.05) is 30.3 Å². The number of allylic oxidation sites excluding steroid dienone is 1. The third-order valence-electron chi connectivity index (χ3n) is 4.67. The van der Waals surface area contributed by atoms with Crippen LogP contribution in [0.2, 0.25) is 0 Å². The number of fused-ring (bicyclic) bond motifs is 1. The molecule has 4 aromatic rings. The van der Waals surface area contributed by atoms with E-state index in [0.29, 0.717) is 39.3 Å². The van der Waals surface area contributed by atoms with Crippen molar-refractivity contribution in [3.05, 3.63) is 90.1 Å². The molecule has 0 saturated carbocycles. The van der Waals surface area contributed by atoms with Crippen molar-refractivity contribution < 1.29 is 9.13 Å². The zero-order chi connectivity index (χ0) is 22.7. The van der Waals surface area contributed by atoms with Crippen molar-refractivity contribution in [3.8, 4) is 17.9 Å². The van der Waals surface area contributed by atoms with Crippen LogP contribution in [0.4, 0.5) is 4.39 Å². The summed E-state index contributed by atoms with van der Waals surface area (Å²) in [6.45, 7) is 0.215. The van der Waals surface area contributed by atoms with Gasteiger partial charge in [0, 0.05) is 14.7 Å². The Bertz CT molecular complexity index is 1450. The molecule has 0 unspecified atom stereocenters. The van der Waals surface area contributed by atoms with Crippen molar-refractivity contribution in [1.29, 1.82) is 10.5 Å². The molecule has 0 amide bonds. The van der Waals surface area contributed by atoms with E-state index in [1.165, 1.54) is 12.1 Å². The number of nitrogens with one attached hydrogen (secondary N) is 1. The zero-order valence-corrected chi connectivity index (χ0v) is 20.7. The number of imidazole rings is 1. The predicted molar refractivity (Wildman–Crippen MR) is 137 cm³/mol. The lowest BCUT2D eigenvalue weighted by atomic mass is 10.1. The van der Waals surface area contributed by atoms with E-state index >= 15 is 0 Å². The van der Waals surface area contributed by atoms with Crippen molar-refractivity contribution in [2.45, 2.75) is 6.61 Å². The van der Waals surface area contributed by atoms with E-state index in [4.69, 9.17) is 4.74 Å². The number of H-pyrrole nitrogens is 1. The number of rotatable bonds is 5. The Morgan fingerprint density at radius 3 is 2.72 bits per heavy atom. The van der Waals surface area contributed by atoms with Crippen LogP contribution in [0, 0.1) is 35.6 Å². The Morgan fingerprint density at radius 1 is 1.12 bits per heavy atom. The number of aromatic nitrogens is 2. The fraction of sp³-hybridized carbons (Fsp3) is 0.0417. The average Bonchev–Trinajstić information content (AvgIpc) is 3.19. The van der Waals surface area contributed by atoms with Crippen molar-refractivity contribution in [3.63, 3.8) is 0 Å². The number of ether oxygens (including phenoxy) is 1. The molecule has 1 N–H and O–H groups in total. The molecule has 0 aliphatic rings. The van der Waals surface area contributed by atoms with Crippen molar-refractivity contribution in [2.24, 2.45) is 0 Å². The first-order valence-electron chi connectivity index (χ1n) is 9.36. The van der Waals surface area contributed by atoms with Gasteiger partial charge in [-0.05, 0) is 87.7 Å². The first kappa shape index (κ1) is 22.2. The van der Waals surface area contributed by atoms with Crippen LogP contribution in [0.15, 0.2) is 54.6 Å². The number of aromatic amines is 1. The van der Waals surface area contributed by atoms with Gasteiger partial charge < -0.3 is 9.72 Å². The van der Waals surface area contributed by atoms with Crippen molar-refractivity contribution in [1.82, 2.24) is 9.97 Å². The van der Waals surface area contributed by atoms with E-state index in [-0.39, 0.29) is 12.4 Å². The summed E-state index contributed by atoms with van der Waals surface area (Å²) in [5.41, 5.74) is 3.42. The minimum absolute atomic E-state index is 0.215. The Kier molecular flexibility index (Phi) is 6.72.